The van der Waals surface area contributed by atoms with E-state index in [1.54, 1.807) is 24.3 Å². The van der Waals surface area contributed by atoms with Gasteiger partial charge in [-0.05, 0) is 66.4 Å². The van der Waals surface area contributed by atoms with E-state index in [2.05, 4.69) is 10.6 Å². The van der Waals surface area contributed by atoms with Crippen LogP contribution in [0.5, 0.6) is 0 Å². The molecule has 0 aromatic heterocycles. The van der Waals surface area contributed by atoms with E-state index in [1.807, 2.05) is 0 Å². The zero-order valence-electron chi connectivity index (χ0n) is 20.5. The molecule has 5 rings (SSSR count). The van der Waals surface area contributed by atoms with Gasteiger partial charge in [-0.3, -0.25) is 9.59 Å². The van der Waals surface area contributed by atoms with Gasteiger partial charge in [0.05, 0.1) is 12.3 Å². The largest absolute Gasteiger partial charge is 0.394 e. The lowest BCUT2D eigenvalue weighted by molar-refractivity contribution is -0.252. The summed E-state index contributed by atoms with van der Waals surface area (Å²) in [7, 11) is 0. The Morgan fingerprint density at radius 2 is 1.69 bits per heavy atom. The van der Waals surface area contributed by atoms with E-state index in [1.165, 1.54) is 18.2 Å². The Hall–Kier alpha value is -3.74. The molecule has 6 N–H and O–H groups in total. The van der Waals surface area contributed by atoms with Crippen LogP contribution in [0, 0.1) is 11.6 Å². The van der Waals surface area contributed by atoms with E-state index in [-0.39, 0.29) is 17.0 Å². The van der Waals surface area contributed by atoms with Crippen LogP contribution >= 0.6 is 0 Å². The Bertz CT molecular complexity index is 1430. The van der Waals surface area contributed by atoms with Gasteiger partial charge in [-0.2, -0.15) is 0 Å². The van der Waals surface area contributed by atoms with Crippen LogP contribution in [-0.2, 0) is 17.6 Å². The average molecular weight is 541 g/mol. The molecule has 2 aliphatic rings. The number of hydrogen-bond donors (Lipinski definition) is 6. The second kappa shape index (κ2) is 10.8. The normalized spacial score (nSPS) is 24.4. The summed E-state index contributed by atoms with van der Waals surface area (Å²) >= 11 is 0. The lowest BCUT2D eigenvalue weighted by atomic mass is 9.95. The maximum Gasteiger partial charge on any atom is 0.251 e. The Morgan fingerprint density at radius 1 is 0.923 bits per heavy atom. The van der Waals surface area contributed by atoms with Gasteiger partial charge in [0.2, 0.25) is 0 Å². The first-order chi connectivity index (χ1) is 18.7. The van der Waals surface area contributed by atoms with E-state index >= 15 is 0 Å². The minimum Gasteiger partial charge on any atom is -0.394 e. The highest BCUT2D eigenvalue weighted by molar-refractivity contribution is 6.12. The van der Waals surface area contributed by atoms with Crippen LogP contribution in [0.3, 0.4) is 0 Å². The number of aryl methyl sites for hydroxylation is 2. The molecule has 11 heteroatoms. The van der Waals surface area contributed by atoms with Crippen molar-refractivity contribution in [2.24, 2.45) is 0 Å². The number of ketones is 1. The maximum atomic E-state index is 14.1. The second-order valence-corrected chi connectivity index (χ2v) is 9.55. The molecule has 0 saturated carbocycles. The molecule has 3 aromatic rings. The molecule has 0 bridgehead atoms. The molecule has 9 nitrogen and oxygen atoms in total. The number of ether oxygens (including phenoxy) is 1. The number of rotatable bonds is 5. The van der Waals surface area contributed by atoms with E-state index in [9.17, 15) is 38.8 Å². The molecule has 1 saturated heterocycles. The molecule has 39 heavy (non-hydrogen) atoms. The van der Waals surface area contributed by atoms with Gasteiger partial charge in [0, 0.05) is 28.4 Å². The summed E-state index contributed by atoms with van der Waals surface area (Å²) in [6.45, 7) is -0.634. The lowest BCUT2D eigenvalue weighted by Gasteiger charge is -2.40. The van der Waals surface area contributed by atoms with Gasteiger partial charge >= 0.3 is 0 Å². The molecule has 1 amide bonds. The predicted molar refractivity (Wildman–Crippen MR) is 135 cm³/mol. The van der Waals surface area contributed by atoms with E-state index < -0.39 is 54.8 Å². The highest BCUT2D eigenvalue weighted by Gasteiger charge is 2.44. The highest BCUT2D eigenvalue weighted by atomic mass is 19.1. The number of fused-ring (bicyclic) bond motifs is 2. The number of aliphatic hydroxyl groups excluding tert-OH is 4. The minimum absolute atomic E-state index is 0.0910. The molecular formula is C28H26F2N2O7. The molecule has 1 aliphatic heterocycles. The fraction of sp³-hybridized carbons (Fsp3) is 0.286. The minimum atomic E-state index is -1.68. The third-order valence-corrected chi connectivity index (χ3v) is 7.04. The summed E-state index contributed by atoms with van der Waals surface area (Å²) in [4.78, 5) is 26.4. The van der Waals surface area contributed by atoms with Crippen molar-refractivity contribution in [1.29, 1.82) is 0 Å². The monoisotopic (exact) mass is 540 g/mol. The number of halogens is 2. The Kier molecular flexibility index (Phi) is 7.43. The molecule has 0 spiro atoms. The van der Waals surface area contributed by atoms with Crippen molar-refractivity contribution in [2.75, 3.05) is 11.9 Å². The maximum absolute atomic E-state index is 14.1. The van der Waals surface area contributed by atoms with Gasteiger partial charge in [-0.25, -0.2) is 8.78 Å². The number of nitrogens with one attached hydrogen (secondary N) is 2. The molecule has 3 aromatic carbocycles. The van der Waals surface area contributed by atoms with E-state index in [4.69, 9.17) is 4.74 Å². The third kappa shape index (κ3) is 5.27. The summed E-state index contributed by atoms with van der Waals surface area (Å²) in [5, 5.41) is 45.1. The Balaban J connectivity index is 1.36. The zero-order valence-corrected chi connectivity index (χ0v) is 20.5. The quantitative estimate of drug-likeness (QED) is 0.286. The van der Waals surface area contributed by atoms with Crippen molar-refractivity contribution in [1.82, 2.24) is 5.32 Å². The van der Waals surface area contributed by atoms with Crippen molar-refractivity contribution >= 4 is 23.1 Å². The number of carbonyl (C=O) groups excluding carboxylic acids is 2. The van der Waals surface area contributed by atoms with Gasteiger partial charge in [-0.15, -0.1) is 0 Å². The number of hydrogen-bond acceptors (Lipinski definition) is 8. The molecule has 1 fully saturated rings. The SMILES string of the molecule is O=C(N[C@@H]1[C@@H](O)[C@H](O)[C@@H](CO)O[C@H]1O)c1ccc2c(c1)C(=O)c1ccc(Nc3ccc(F)cc3F)cc1CC2. The smallest absolute Gasteiger partial charge is 0.251 e. The third-order valence-electron chi connectivity index (χ3n) is 7.04. The molecular weight excluding hydrogens is 514 g/mol. The van der Waals surface area contributed by atoms with Crippen molar-refractivity contribution in [2.45, 2.75) is 43.5 Å². The molecule has 0 radical (unpaired) electrons. The molecule has 1 aliphatic carbocycles. The van der Waals surface area contributed by atoms with Gasteiger partial charge in [0.25, 0.3) is 5.91 Å². The zero-order chi connectivity index (χ0) is 27.8. The van der Waals surface area contributed by atoms with E-state index in [0.717, 1.165) is 12.1 Å². The Morgan fingerprint density at radius 3 is 2.44 bits per heavy atom. The lowest BCUT2D eigenvalue weighted by Crippen LogP contribution is -2.64. The second-order valence-electron chi connectivity index (χ2n) is 9.55. The standard InChI is InChI=1S/C28H26F2N2O7/c29-16-5-8-21(20(30)11-16)31-17-6-7-18-14(9-17)3-1-13-2-4-15(10-19(13)24(18)34)27(37)32-23-26(36)25(35)22(12-33)39-28(23)38/h2,4-11,22-23,25-26,28,31,33,35-36,38H,1,3,12H2,(H,32,37)/t22-,23-,25-,26-,28-/m1/s1. The van der Waals surface area contributed by atoms with Gasteiger partial charge in [0.1, 0.15) is 36.0 Å². The first-order valence-corrected chi connectivity index (χ1v) is 12.3. The summed E-state index contributed by atoms with van der Waals surface area (Å²) in [5.74, 6) is -2.46. The highest BCUT2D eigenvalue weighted by Crippen LogP contribution is 2.29. The number of amides is 1. The van der Waals surface area contributed by atoms with Crippen LogP contribution in [0.1, 0.15) is 37.4 Å². The van der Waals surface area contributed by atoms with Gasteiger partial charge in [-0.1, -0.05) is 6.07 Å². The van der Waals surface area contributed by atoms with Crippen LogP contribution in [0.2, 0.25) is 0 Å². The van der Waals surface area contributed by atoms with Crippen LogP contribution < -0.4 is 10.6 Å². The van der Waals surface area contributed by atoms with Crippen molar-refractivity contribution in [3.63, 3.8) is 0 Å². The van der Waals surface area contributed by atoms with Crippen molar-refractivity contribution < 1.29 is 43.5 Å². The molecule has 0 unspecified atom stereocenters. The van der Waals surface area contributed by atoms with Crippen LogP contribution in [0.25, 0.3) is 0 Å². The van der Waals surface area contributed by atoms with Crippen molar-refractivity contribution in [3.05, 3.63) is 94.0 Å². The fourth-order valence-electron chi connectivity index (χ4n) is 4.90. The number of aliphatic hydroxyl groups is 4. The molecule has 5 atom stereocenters. The van der Waals surface area contributed by atoms with Gasteiger partial charge in [0.15, 0.2) is 12.1 Å². The summed E-state index contributed by atoms with van der Waals surface area (Å²) in [6.07, 6.45) is -5.03. The fourth-order valence-corrected chi connectivity index (χ4v) is 4.90. The first-order valence-electron chi connectivity index (χ1n) is 12.3. The number of anilines is 2. The van der Waals surface area contributed by atoms with Crippen molar-refractivity contribution in [3.8, 4) is 0 Å². The summed E-state index contributed by atoms with van der Waals surface area (Å²) in [6, 6.07) is 11.4. The predicted octanol–water partition coefficient (Wildman–Crippen LogP) is 1.57. The van der Waals surface area contributed by atoms with Crippen LogP contribution in [0.4, 0.5) is 20.2 Å². The molecule has 1 heterocycles. The van der Waals surface area contributed by atoms with E-state index in [0.29, 0.717) is 40.8 Å². The van der Waals surface area contributed by atoms with Crippen LogP contribution in [-0.4, -0.2) is 69.4 Å². The average Bonchev–Trinajstić information content (AvgIpc) is 3.06. The number of benzene rings is 3. The summed E-state index contributed by atoms with van der Waals surface area (Å²) < 4.78 is 32.4. The topological polar surface area (TPSA) is 148 Å². The van der Waals surface area contributed by atoms with Gasteiger partial charge < -0.3 is 35.8 Å². The molecule has 204 valence electrons. The Labute approximate surface area is 221 Å². The number of carbonyl (C=O) groups is 2. The summed E-state index contributed by atoms with van der Waals surface area (Å²) in [5.41, 5.74) is 2.87. The first kappa shape index (κ1) is 26.9. The van der Waals surface area contributed by atoms with Crippen LogP contribution in [0.15, 0.2) is 54.6 Å².